The number of aromatic nitrogens is 5. The van der Waals surface area contributed by atoms with Crippen LogP contribution in [-0.2, 0) is 0 Å². The van der Waals surface area contributed by atoms with E-state index in [0.717, 1.165) is 82.4 Å². The second-order valence-electron chi connectivity index (χ2n) is 17.7. The van der Waals surface area contributed by atoms with Crippen molar-refractivity contribution < 1.29 is 8.83 Å². The number of nitrogens with zero attached hydrogens (tertiary/aromatic N) is 5. The smallest absolute Gasteiger partial charge is 0.238 e. The van der Waals surface area contributed by atoms with E-state index in [4.69, 9.17) is 23.8 Å². The number of para-hydroxylation sites is 3. The summed E-state index contributed by atoms with van der Waals surface area (Å²) < 4.78 is 15.2. The molecule has 8 heteroatoms. The van der Waals surface area contributed by atoms with Gasteiger partial charge in [-0.05, 0) is 56.6 Å². The van der Waals surface area contributed by atoms with E-state index < -0.39 is 8.07 Å². The molecule has 0 bridgehead atoms. The predicted octanol–water partition coefficient (Wildman–Crippen LogP) is 12.5. The number of rotatable bonds is 8. The summed E-state index contributed by atoms with van der Waals surface area (Å²) in [6, 6.07) is 79.6. The van der Waals surface area contributed by atoms with Gasteiger partial charge in [-0.2, -0.15) is 9.97 Å². The van der Waals surface area contributed by atoms with Crippen molar-refractivity contribution in [3.8, 4) is 39.9 Å². The summed E-state index contributed by atoms with van der Waals surface area (Å²) in [6.45, 7) is 0. The van der Waals surface area contributed by atoms with Crippen LogP contribution in [0.25, 0.3) is 106 Å². The van der Waals surface area contributed by atoms with Gasteiger partial charge in [0.1, 0.15) is 16.7 Å². The molecule has 70 heavy (non-hydrogen) atoms. The third-order valence-corrected chi connectivity index (χ3v) is 18.7. The lowest BCUT2D eigenvalue weighted by atomic mass is 10.0. The van der Waals surface area contributed by atoms with Crippen molar-refractivity contribution in [3.05, 3.63) is 237 Å². The van der Waals surface area contributed by atoms with Crippen molar-refractivity contribution >= 4 is 94.5 Å². The molecule has 0 aliphatic rings. The standard InChI is InChI=1S/C62H39N5O2Si/c1-4-18-42(19-5-1)70(43-20-6-2-7-21-43,44-22-8-3-9-23-44)45-24-14-17-41(37-45)60-64-61(52-29-16-32-56-58(52)51-35-36-63-39-57(51)68-56)66-62(65-60)67-53-30-12-10-25-47(53)48-34-33-40(38-54(48)67)46-27-15-28-50-49-26-11-13-31-55(49)69-59(46)50/h1-39H. The Morgan fingerprint density at radius 1 is 0.371 bits per heavy atom. The fourth-order valence-electron chi connectivity index (χ4n) is 10.9. The Morgan fingerprint density at radius 3 is 1.77 bits per heavy atom. The molecule has 0 spiro atoms. The molecule has 14 rings (SSSR count). The zero-order chi connectivity index (χ0) is 46.2. The molecule has 0 atom stereocenters. The van der Waals surface area contributed by atoms with Crippen molar-refractivity contribution in [2.75, 3.05) is 0 Å². The Bertz CT molecular complexity index is 4220. The lowest BCUT2D eigenvalue weighted by Gasteiger charge is -2.34. The van der Waals surface area contributed by atoms with Gasteiger partial charge in [0.15, 0.2) is 25.3 Å². The summed E-state index contributed by atoms with van der Waals surface area (Å²) in [6.07, 6.45) is 3.56. The molecule has 0 amide bonds. The van der Waals surface area contributed by atoms with Crippen LogP contribution in [0.1, 0.15) is 0 Å². The molecule has 7 nitrogen and oxygen atoms in total. The van der Waals surface area contributed by atoms with E-state index in [1.54, 1.807) is 12.4 Å². The van der Waals surface area contributed by atoms with Gasteiger partial charge in [-0.15, -0.1) is 0 Å². The molecule has 0 N–H and O–H groups in total. The molecular formula is C62H39N5O2Si. The first-order chi connectivity index (χ1) is 34.7. The van der Waals surface area contributed by atoms with E-state index in [2.05, 4.69) is 204 Å². The largest absolute Gasteiger partial charge is 0.455 e. The van der Waals surface area contributed by atoms with E-state index in [0.29, 0.717) is 23.2 Å². The normalized spacial score (nSPS) is 12.0. The lowest BCUT2D eigenvalue weighted by molar-refractivity contribution is 0.667. The van der Waals surface area contributed by atoms with Gasteiger partial charge in [-0.1, -0.05) is 194 Å². The van der Waals surface area contributed by atoms with E-state index in [1.165, 1.54) is 20.7 Å². The highest BCUT2D eigenvalue weighted by atomic mass is 28.3. The number of benzene rings is 9. The molecule has 5 heterocycles. The van der Waals surface area contributed by atoms with E-state index in [-0.39, 0.29) is 0 Å². The maximum Gasteiger partial charge on any atom is 0.238 e. The average molecular weight is 914 g/mol. The highest BCUT2D eigenvalue weighted by molar-refractivity contribution is 7.19. The fourth-order valence-corrected chi connectivity index (χ4v) is 15.7. The van der Waals surface area contributed by atoms with Gasteiger partial charge >= 0.3 is 0 Å². The van der Waals surface area contributed by atoms with E-state index in [1.807, 2.05) is 30.3 Å². The van der Waals surface area contributed by atoms with Crippen molar-refractivity contribution in [2.45, 2.75) is 0 Å². The molecule has 328 valence electrons. The zero-order valence-corrected chi connectivity index (χ0v) is 38.6. The first-order valence-corrected chi connectivity index (χ1v) is 25.4. The Balaban J connectivity index is 1.05. The minimum absolute atomic E-state index is 0.500. The Labute approximate surface area is 402 Å². The number of pyridine rings is 1. The van der Waals surface area contributed by atoms with Gasteiger partial charge < -0.3 is 8.83 Å². The van der Waals surface area contributed by atoms with Crippen molar-refractivity contribution in [2.24, 2.45) is 0 Å². The summed E-state index contributed by atoms with van der Waals surface area (Å²) in [5.74, 6) is 1.58. The molecule has 9 aromatic carbocycles. The number of hydrogen-bond donors (Lipinski definition) is 0. The van der Waals surface area contributed by atoms with Crippen LogP contribution in [0.15, 0.2) is 246 Å². The zero-order valence-electron chi connectivity index (χ0n) is 37.6. The average Bonchev–Trinajstić information content (AvgIpc) is 4.12. The lowest BCUT2D eigenvalue weighted by Crippen LogP contribution is -2.74. The molecular weight excluding hydrogens is 875 g/mol. The monoisotopic (exact) mass is 913 g/mol. The molecule has 5 aromatic heterocycles. The van der Waals surface area contributed by atoms with Crippen LogP contribution < -0.4 is 20.7 Å². The first-order valence-electron chi connectivity index (χ1n) is 23.4. The summed E-state index contributed by atoms with van der Waals surface area (Å²) >= 11 is 0. The first kappa shape index (κ1) is 39.9. The highest BCUT2D eigenvalue weighted by Crippen LogP contribution is 2.40. The Hall–Kier alpha value is -9.24. The molecule has 0 saturated heterocycles. The fraction of sp³-hybridized carbons (Fsp3) is 0. The van der Waals surface area contributed by atoms with Crippen LogP contribution in [0.2, 0.25) is 0 Å². The van der Waals surface area contributed by atoms with Crippen LogP contribution in [-0.4, -0.2) is 32.6 Å². The molecule has 0 aliphatic heterocycles. The maximum absolute atomic E-state index is 6.58. The van der Waals surface area contributed by atoms with Crippen molar-refractivity contribution in [1.29, 1.82) is 0 Å². The van der Waals surface area contributed by atoms with Crippen molar-refractivity contribution in [1.82, 2.24) is 24.5 Å². The molecule has 0 radical (unpaired) electrons. The molecule has 0 aliphatic carbocycles. The number of furan rings is 2. The number of fused-ring (bicyclic) bond motifs is 9. The van der Waals surface area contributed by atoms with Gasteiger partial charge in [0.25, 0.3) is 0 Å². The molecule has 0 fully saturated rings. The third-order valence-electron chi connectivity index (χ3n) is 13.9. The number of hydrogen-bond acceptors (Lipinski definition) is 6. The Morgan fingerprint density at radius 2 is 0.986 bits per heavy atom. The van der Waals surface area contributed by atoms with E-state index >= 15 is 0 Å². The third kappa shape index (κ3) is 6.13. The summed E-state index contributed by atoms with van der Waals surface area (Å²) in [4.78, 5) is 20.8. The highest BCUT2D eigenvalue weighted by Gasteiger charge is 2.41. The summed E-state index contributed by atoms with van der Waals surface area (Å²) in [5.41, 5.74) is 8.85. The van der Waals surface area contributed by atoms with Crippen LogP contribution in [0.5, 0.6) is 0 Å². The van der Waals surface area contributed by atoms with Crippen LogP contribution in [0.3, 0.4) is 0 Å². The van der Waals surface area contributed by atoms with Gasteiger partial charge in [-0.25, -0.2) is 4.98 Å². The maximum atomic E-state index is 6.58. The van der Waals surface area contributed by atoms with Crippen LogP contribution >= 0.6 is 0 Å². The second kappa shape index (κ2) is 15.9. The molecule has 0 unspecified atom stereocenters. The van der Waals surface area contributed by atoms with Crippen LogP contribution in [0.4, 0.5) is 0 Å². The van der Waals surface area contributed by atoms with Gasteiger partial charge in [0, 0.05) is 55.2 Å². The summed E-state index contributed by atoms with van der Waals surface area (Å²) in [7, 11) is -2.91. The Kier molecular flexibility index (Phi) is 9.08. The van der Waals surface area contributed by atoms with Gasteiger partial charge in [-0.3, -0.25) is 9.55 Å². The quantitative estimate of drug-likeness (QED) is 0.112. The van der Waals surface area contributed by atoms with Gasteiger partial charge in [0.2, 0.25) is 5.95 Å². The predicted molar refractivity (Wildman–Crippen MR) is 286 cm³/mol. The molecule has 0 saturated carbocycles. The summed E-state index contributed by atoms with van der Waals surface area (Å²) in [5, 5.41) is 11.3. The topological polar surface area (TPSA) is 82.8 Å². The molecule has 14 aromatic rings. The minimum atomic E-state index is -2.91. The minimum Gasteiger partial charge on any atom is -0.455 e. The van der Waals surface area contributed by atoms with E-state index in [9.17, 15) is 0 Å². The van der Waals surface area contributed by atoms with Crippen molar-refractivity contribution in [3.63, 3.8) is 0 Å². The second-order valence-corrected chi connectivity index (χ2v) is 21.5. The van der Waals surface area contributed by atoms with Gasteiger partial charge in [0.05, 0.1) is 17.2 Å². The SMILES string of the molecule is c1ccc([Si](c2ccccc2)(c2ccccc2)c2cccc(-c3nc(-c4cccc5oc6cnccc6c45)nc(-n4c5ccccc5c5ccc(-c6cccc7c6oc6ccccc67)cc54)n3)c2)cc1. The van der Waals surface area contributed by atoms with Crippen LogP contribution in [0, 0.1) is 0 Å².